The molecular formula is C57H64F6N2. The molecule has 0 saturated carbocycles. The molecule has 7 rings (SSSR count). The number of rotatable bonds is 13. The third kappa shape index (κ3) is 9.78. The highest BCUT2D eigenvalue weighted by Crippen LogP contribution is 2.55. The van der Waals surface area contributed by atoms with E-state index in [0.717, 1.165) is 72.4 Å². The average molecular weight is 891 g/mol. The van der Waals surface area contributed by atoms with Crippen molar-refractivity contribution in [2.45, 2.75) is 126 Å². The molecule has 344 valence electrons. The van der Waals surface area contributed by atoms with E-state index in [1.165, 1.54) is 24.3 Å². The number of anilines is 6. The lowest BCUT2D eigenvalue weighted by Gasteiger charge is -2.35. The van der Waals surface area contributed by atoms with Crippen LogP contribution in [-0.4, -0.2) is 0 Å². The number of unbranched alkanes of at least 4 members (excludes halogenated alkanes) is 1. The van der Waals surface area contributed by atoms with Crippen LogP contribution in [0.1, 0.15) is 124 Å². The van der Waals surface area contributed by atoms with Gasteiger partial charge in [-0.2, -0.15) is 0 Å². The maximum Gasteiger partial charge on any atom is 0.150 e. The van der Waals surface area contributed by atoms with Gasteiger partial charge in [-0.3, -0.25) is 4.90 Å². The van der Waals surface area contributed by atoms with Crippen LogP contribution in [0.25, 0.3) is 21.5 Å². The first kappa shape index (κ1) is 50.2. The van der Waals surface area contributed by atoms with Gasteiger partial charge in [0.2, 0.25) is 0 Å². The summed E-state index contributed by atoms with van der Waals surface area (Å²) in [6.07, 6.45) is 4.30. The van der Waals surface area contributed by atoms with Crippen molar-refractivity contribution in [1.82, 2.24) is 0 Å². The van der Waals surface area contributed by atoms with Gasteiger partial charge in [-0.25, -0.2) is 26.3 Å². The molecule has 0 amide bonds. The molecule has 0 atom stereocenters. The lowest BCUT2D eigenvalue weighted by molar-refractivity contribution is 0.458. The maximum atomic E-state index is 16.7. The molecule has 8 heteroatoms. The molecule has 0 aliphatic heterocycles. The molecule has 0 heterocycles. The average Bonchev–Trinajstić information content (AvgIpc) is 3.27. The zero-order valence-electron chi connectivity index (χ0n) is 40.1. The zero-order valence-corrected chi connectivity index (χ0v) is 40.1. The van der Waals surface area contributed by atoms with Crippen molar-refractivity contribution in [2.75, 3.05) is 9.80 Å². The Hall–Kier alpha value is -5.76. The quantitative estimate of drug-likeness (QED) is 0.0647. The van der Waals surface area contributed by atoms with Crippen molar-refractivity contribution in [3.8, 4) is 0 Å². The molecule has 0 spiro atoms. The van der Waals surface area contributed by atoms with Crippen molar-refractivity contribution in [3.63, 3.8) is 0 Å². The predicted molar refractivity (Wildman–Crippen MR) is 263 cm³/mol. The summed E-state index contributed by atoms with van der Waals surface area (Å²) in [5.74, 6) is -5.37. The summed E-state index contributed by atoms with van der Waals surface area (Å²) in [6.45, 7) is 24.1. The summed E-state index contributed by atoms with van der Waals surface area (Å²) >= 11 is 0. The van der Waals surface area contributed by atoms with E-state index in [2.05, 4.69) is 41.5 Å². The molecule has 0 aromatic heterocycles. The fourth-order valence-electron chi connectivity index (χ4n) is 8.93. The van der Waals surface area contributed by atoms with Crippen molar-refractivity contribution < 1.29 is 26.3 Å². The fraction of sp³-hybridized carbons (Fsp3) is 0.333. The zero-order chi connectivity index (χ0) is 48.0. The molecule has 7 aromatic rings. The lowest BCUT2D eigenvalue weighted by atomic mass is 9.78. The van der Waals surface area contributed by atoms with Gasteiger partial charge < -0.3 is 4.90 Å². The smallest absolute Gasteiger partial charge is 0.150 e. The van der Waals surface area contributed by atoms with Crippen molar-refractivity contribution in [1.29, 1.82) is 0 Å². The fourth-order valence-corrected chi connectivity index (χ4v) is 8.93. The van der Waals surface area contributed by atoms with Gasteiger partial charge in [-0.1, -0.05) is 149 Å². The Kier molecular flexibility index (Phi) is 16.3. The first-order valence-electron chi connectivity index (χ1n) is 23.0. The van der Waals surface area contributed by atoms with Gasteiger partial charge in [-0.05, 0) is 108 Å². The minimum absolute atomic E-state index is 0.102. The van der Waals surface area contributed by atoms with E-state index in [1.807, 2.05) is 58.0 Å². The van der Waals surface area contributed by atoms with Crippen LogP contribution in [0.2, 0.25) is 0 Å². The summed E-state index contributed by atoms with van der Waals surface area (Å²) < 4.78 is 99.3. The number of benzene rings is 7. The van der Waals surface area contributed by atoms with E-state index in [9.17, 15) is 0 Å². The molecule has 0 aliphatic rings. The summed E-state index contributed by atoms with van der Waals surface area (Å²) in [6, 6.07) is 27.4. The molecule has 0 N–H and O–H groups in total. The molecule has 7 aromatic carbocycles. The normalized spacial score (nSPS) is 11.5. The van der Waals surface area contributed by atoms with Gasteiger partial charge in [0.1, 0.15) is 46.3 Å². The highest BCUT2D eigenvalue weighted by molar-refractivity contribution is 6.23. The van der Waals surface area contributed by atoms with Crippen LogP contribution >= 0.6 is 0 Å². The summed E-state index contributed by atoms with van der Waals surface area (Å²) in [5, 5.41) is 1.60. The summed E-state index contributed by atoms with van der Waals surface area (Å²) in [4.78, 5) is 2.62. The van der Waals surface area contributed by atoms with Crippen LogP contribution < -0.4 is 9.80 Å². The topological polar surface area (TPSA) is 6.48 Å². The summed E-state index contributed by atoms with van der Waals surface area (Å²) in [5.41, 5.74) is 1.32. The van der Waals surface area contributed by atoms with E-state index >= 15 is 26.3 Å². The highest BCUT2D eigenvalue weighted by Gasteiger charge is 2.34. The third-order valence-corrected chi connectivity index (χ3v) is 12.2. The Morgan fingerprint density at radius 1 is 0.385 bits per heavy atom. The number of para-hydroxylation sites is 4. The lowest BCUT2D eigenvalue weighted by Crippen LogP contribution is -2.21. The number of nitrogens with zero attached hydrogens (tertiary/aromatic N) is 2. The number of fused-ring (bicyclic) bond motifs is 2. The third-order valence-electron chi connectivity index (χ3n) is 12.2. The Morgan fingerprint density at radius 3 is 1.05 bits per heavy atom. The minimum Gasteiger partial charge on any atom is -0.303 e. The first-order chi connectivity index (χ1) is 31.0. The molecule has 2 nitrogen and oxygen atoms in total. The van der Waals surface area contributed by atoms with E-state index in [1.54, 1.807) is 49.1 Å². The first-order valence-corrected chi connectivity index (χ1v) is 23.0. The number of aryl methyl sites for hydroxylation is 2. The van der Waals surface area contributed by atoms with E-state index < -0.39 is 57.1 Å². The Labute approximate surface area is 382 Å². The molecule has 0 fully saturated rings. The van der Waals surface area contributed by atoms with Crippen molar-refractivity contribution in [2.24, 2.45) is 0 Å². The van der Waals surface area contributed by atoms with Gasteiger partial charge in [0.25, 0.3) is 0 Å². The molecule has 0 saturated heterocycles. The highest BCUT2D eigenvalue weighted by atomic mass is 19.2. The molecular weight excluding hydrogens is 827 g/mol. The second kappa shape index (κ2) is 21.0. The number of hydrogen-bond acceptors (Lipinski definition) is 2. The standard InChI is InChI=1S/C53H52F6N2.2C2H6/c1-9-11-29-53(7,8)35-25-27-36-39(31-35)49(61(50-42(56)20-14-21-43(50)57)51-44(58)22-15-23-45(51)59)37-26-24-34(52(5,6)28-10-2)30-38(37)48(36)60(46-32(3)16-12-18-40(46)54)47-33(4)17-13-19-41(47)55;2*1-2/h12-27,30-31H,9-11,28-29H2,1-8H3;2*1-2H3. The molecule has 65 heavy (non-hydrogen) atoms. The minimum atomic E-state index is -1.04. The maximum absolute atomic E-state index is 16.7. The van der Waals surface area contributed by atoms with Crippen molar-refractivity contribution in [3.05, 3.63) is 166 Å². The Bertz CT molecular complexity index is 2590. The van der Waals surface area contributed by atoms with Crippen molar-refractivity contribution >= 4 is 55.7 Å². The number of hydrogen-bond donors (Lipinski definition) is 0. The van der Waals surface area contributed by atoms with Gasteiger partial charge in [0.15, 0.2) is 0 Å². The monoisotopic (exact) mass is 890 g/mol. The molecule has 0 radical (unpaired) electrons. The van der Waals surface area contributed by atoms with Crippen LogP contribution in [0, 0.1) is 48.8 Å². The van der Waals surface area contributed by atoms with Gasteiger partial charge in [0.05, 0.1) is 22.7 Å². The van der Waals surface area contributed by atoms with Crippen LogP contribution in [0.15, 0.2) is 109 Å². The van der Waals surface area contributed by atoms with Gasteiger partial charge in [-0.15, -0.1) is 0 Å². The van der Waals surface area contributed by atoms with E-state index in [0.29, 0.717) is 38.4 Å². The van der Waals surface area contributed by atoms with Gasteiger partial charge >= 0.3 is 0 Å². The van der Waals surface area contributed by atoms with Gasteiger partial charge in [0, 0.05) is 21.5 Å². The summed E-state index contributed by atoms with van der Waals surface area (Å²) in [7, 11) is 0. The second-order valence-corrected chi connectivity index (χ2v) is 17.5. The Morgan fingerprint density at radius 2 is 0.708 bits per heavy atom. The van der Waals surface area contributed by atoms with Crippen LogP contribution in [0.4, 0.5) is 60.5 Å². The van der Waals surface area contributed by atoms with Crippen LogP contribution in [0.3, 0.4) is 0 Å². The van der Waals surface area contributed by atoms with Crippen LogP contribution in [-0.2, 0) is 10.8 Å². The van der Waals surface area contributed by atoms with E-state index in [-0.39, 0.29) is 17.1 Å². The van der Waals surface area contributed by atoms with Crippen LogP contribution in [0.5, 0.6) is 0 Å². The predicted octanol–water partition coefficient (Wildman–Crippen LogP) is 19.0. The molecule has 0 unspecified atom stereocenters. The number of halogens is 6. The Balaban J connectivity index is 0.00000193. The molecule has 0 bridgehead atoms. The molecule has 0 aliphatic carbocycles. The second-order valence-electron chi connectivity index (χ2n) is 17.5. The SMILES string of the molecule is CC.CC.CCCCC(C)(C)c1ccc2c(N(c3c(C)cccc3F)c3c(C)cccc3F)c3cc(C(C)(C)CCC)ccc3c(N(c3c(F)cccc3F)c3c(F)cccc3F)c2c1. The largest absolute Gasteiger partial charge is 0.303 e. The van der Waals surface area contributed by atoms with E-state index in [4.69, 9.17) is 0 Å².